The molecule has 1 fully saturated rings. The standard InChI is InChI=1S/C21H22ClN3O4S2/c1-29-19-8-3-2-5-14(19)10-25-18-13-31(27,28)12-17(18)24-21(25)30-11-20(26)23-16-7-4-6-15(22)9-16/h2-9,17-18H,10-13H2,1H3,(H,23,26)/t17-,18-/m0/s1. The van der Waals surface area contributed by atoms with Crippen molar-refractivity contribution in [2.45, 2.75) is 18.6 Å². The van der Waals surface area contributed by atoms with E-state index in [9.17, 15) is 13.2 Å². The summed E-state index contributed by atoms with van der Waals surface area (Å²) >= 11 is 7.27. The van der Waals surface area contributed by atoms with Crippen molar-refractivity contribution < 1.29 is 17.9 Å². The molecule has 1 saturated heterocycles. The zero-order valence-electron chi connectivity index (χ0n) is 16.8. The minimum atomic E-state index is -3.13. The third-order valence-corrected chi connectivity index (χ3v) is 8.13. The Labute approximate surface area is 190 Å². The normalized spacial score (nSPS) is 21.5. The number of benzene rings is 2. The number of thioether (sulfide) groups is 1. The molecule has 0 saturated carbocycles. The molecular formula is C21H22ClN3O4S2. The maximum atomic E-state index is 12.4. The van der Waals surface area contributed by atoms with Crippen molar-refractivity contribution in [2.75, 3.05) is 29.7 Å². The number of amidine groups is 1. The Balaban J connectivity index is 1.48. The van der Waals surface area contributed by atoms with Gasteiger partial charge in [0.2, 0.25) is 5.91 Å². The second-order valence-corrected chi connectivity index (χ2v) is 10.9. The molecule has 0 bridgehead atoms. The number of rotatable bonds is 6. The monoisotopic (exact) mass is 479 g/mol. The lowest BCUT2D eigenvalue weighted by Crippen LogP contribution is -2.38. The van der Waals surface area contributed by atoms with Crippen LogP contribution < -0.4 is 10.1 Å². The summed E-state index contributed by atoms with van der Waals surface area (Å²) in [5.41, 5.74) is 1.56. The maximum Gasteiger partial charge on any atom is 0.234 e. The van der Waals surface area contributed by atoms with Crippen molar-refractivity contribution in [1.29, 1.82) is 0 Å². The summed E-state index contributed by atoms with van der Waals surface area (Å²) < 4.78 is 29.8. The second-order valence-electron chi connectivity index (χ2n) is 7.41. The predicted molar refractivity (Wildman–Crippen MR) is 125 cm³/mol. The Kier molecular flexibility index (Phi) is 6.45. The van der Waals surface area contributed by atoms with Crippen molar-refractivity contribution in [3.05, 3.63) is 59.1 Å². The second kappa shape index (κ2) is 9.10. The fourth-order valence-electron chi connectivity index (χ4n) is 3.80. The van der Waals surface area contributed by atoms with Gasteiger partial charge in [-0.15, -0.1) is 0 Å². The number of para-hydroxylation sites is 1. The van der Waals surface area contributed by atoms with E-state index in [4.69, 9.17) is 16.3 Å². The molecule has 4 rings (SSSR count). The van der Waals surface area contributed by atoms with Crippen LogP contribution in [0.3, 0.4) is 0 Å². The number of nitrogens with zero attached hydrogens (tertiary/aromatic N) is 2. The van der Waals surface area contributed by atoms with Gasteiger partial charge in [0.25, 0.3) is 0 Å². The number of hydrogen-bond acceptors (Lipinski definition) is 7. The quantitative estimate of drug-likeness (QED) is 0.685. The van der Waals surface area contributed by atoms with Crippen molar-refractivity contribution in [3.8, 4) is 5.75 Å². The van der Waals surface area contributed by atoms with E-state index < -0.39 is 9.84 Å². The minimum absolute atomic E-state index is 0.0405. The van der Waals surface area contributed by atoms with Crippen LogP contribution in [-0.4, -0.2) is 60.8 Å². The first-order valence-electron chi connectivity index (χ1n) is 9.69. The molecular weight excluding hydrogens is 458 g/mol. The Bertz CT molecular complexity index is 1120. The first-order chi connectivity index (χ1) is 14.8. The zero-order chi connectivity index (χ0) is 22.0. The lowest BCUT2D eigenvalue weighted by Gasteiger charge is -2.27. The summed E-state index contributed by atoms with van der Waals surface area (Å²) in [6.07, 6.45) is 0. The molecule has 0 spiro atoms. The van der Waals surface area contributed by atoms with Gasteiger partial charge in [-0.1, -0.05) is 47.6 Å². The summed E-state index contributed by atoms with van der Waals surface area (Å²) in [6, 6.07) is 14.0. The summed E-state index contributed by atoms with van der Waals surface area (Å²) in [7, 11) is -1.52. The molecule has 2 heterocycles. The summed E-state index contributed by atoms with van der Waals surface area (Å²) in [5, 5.41) is 4.04. The first-order valence-corrected chi connectivity index (χ1v) is 12.9. The van der Waals surface area contributed by atoms with E-state index >= 15 is 0 Å². The van der Waals surface area contributed by atoms with Crippen LogP contribution in [0.25, 0.3) is 0 Å². The van der Waals surface area contributed by atoms with E-state index in [1.165, 1.54) is 11.8 Å². The van der Waals surface area contributed by atoms with Crippen LogP contribution in [0.4, 0.5) is 5.69 Å². The van der Waals surface area contributed by atoms with Crippen molar-refractivity contribution in [1.82, 2.24) is 4.90 Å². The summed E-state index contributed by atoms with van der Waals surface area (Å²) in [4.78, 5) is 19.1. The summed E-state index contributed by atoms with van der Waals surface area (Å²) in [5.74, 6) is 0.806. The molecule has 164 valence electrons. The Hall–Kier alpha value is -2.23. The highest BCUT2D eigenvalue weighted by molar-refractivity contribution is 8.14. The molecule has 2 aromatic rings. The fraction of sp³-hybridized carbons (Fsp3) is 0.333. The molecule has 7 nitrogen and oxygen atoms in total. The Morgan fingerprint density at radius 2 is 2.06 bits per heavy atom. The number of nitrogens with one attached hydrogen (secondary N) is 1. The zero-order valence-corrected chi connectivity index (χ0v) is 19.2. The van der Waals surface area contributed by atoms with E-state index in [1.807, 2.05) is 29.2 Å². The third kappa shape index (κ3) is 5.16. The molecule has 2 aliphatic rings. The topological polar surface area (TPSA) is 88.1 Å². The van der Waals surface area contributed by atoms with Gasteiger partial charge in [0.1, 0.15) is 5.75 Å². The van der Waals surface area contributed by atoms with Crippen LogP contribution in [0.15, 0.2) is 53.5 Å². The van der Waals surface area contributed by atoms with Crippen LogP contribution in [0.1, 0.15) is 5.56 Å². The number of sulfone groups is 1. The van der Waals surface area contributed by atoms with Gasteiger partial charge < -0.3 is 15.0 Å². The number of hydrogen-bond donors (Lipinski definition) is 1. The number of aliphatic imine (C=N–C) groups is 1. The number of methoxy groups -OCH3 is 1. The number of fused-ring (bicyclic) bond motifs is 1. The van der Waals surface area contributed by atoms with E-state index in [0.717, 1.165) is 11.3 Å². The van der Waals surface area contributed by atoms with Gasteiger partial charge in [-0.3, -0.25) is 9.79 Å². The van der Waals surface area contributed by atoms with Crippen molar-refractivity contribution in [2.24, 2.45) is 4.99 Å². The van der Waals surface area contributed by atoms with Gasteiger partial charge >= 0.3 is 0 Å². The molecule has 2 aliphatic heterocycles. The molecule has 10 heteroatoms. The first kappa shape index (κ1) is 22.0. The van der Waals surface area contributed by atoms with E-state index in [1.54, 1.807) is 31.4 Å². The van der Waals surface area contributed by atoms with E-state index in [2.05, 4.69) is 10.3 Å². The van der Waals surface area contributed by atoms with Gasteiger partial charge in [-0.25, -0.2) is 8.42 Å². The highest BCUT2D eigenvalue weighted by atomic mass is 35.5. The Morgan fingerprint density at radius 3 is 2.84 bits per heavy atom. The molecule has 0 aromatic heterocycles. The van der Waals surface area contributed by atoms with Gasteiger partial charge in [-0.05, 0) is 24.3 Å². The fourth-order valence-corrected chi connectivity index (χ4v) is 6.78. The van der Waals surface area contributed by atoms with Crippen LogP contribution in [0.5, 0.6) is 5.75 Å². The van der Waals surface area contributed by atoms with Crippen molar-refractivity contribution >= 4 is 50.0 Å². The third-order valence-electron chi connectivity index (χ3n) is 5.19. The number of anilines is 1. The largest absolute Gasteiger partial charge is 0.496 e. The average molecular weight is 480 g/mol. The summed E-state index contributed by atoms with van der Waals surface area (Å²) in [6.45, 7) is 0.461. The number of carbonyl (C=O) groups excluding carboxylic acids is 1. The minimum Gasteiger partial charge on any atom is -0.496 e. The van der Waals surface area contributed by atoms with Gasteiger partial charge in [0.15, 0.2) is 15.0 Å². The lowest BCUT2D eigenvalue weighted by atomic mass is 10.1. The molecule has 0 radical (unpaired) electrons. The van der Waals surface area contributed by atoms with Gasteiger partial charge in [0, 0.05) is 22.8 Å². The van der Waals surface area contributed by atoms with E-state index in [0.29, 0.717) is 22.4 Å². The number of halogens is 1. The smallest absolute Gasteiger partial charge is 0.234 e. The number of ether oxygens (including phenoxy) is 1. The molecule has 0 aliphatic carbocycles. The SMILES string of the molecule is COc1ccccc1CN1C(SCC(=O)Nc2cccc(Cl)c2)=N[C@H]2CS(=O)(=O)C[C@@H]21. The predicted octanol–water partition coefficient (Wildman–Crippen LogP) is 3.06. The number of amides is 1. The molecule has 0 unspecified atom stereocenters. The van der Waals surface area contributed by atoms with Crippen LogP contribution in [0.2, 0.25) is 5.02 Å². The van der Waals surface area contributed by atoms with Gasteiger partial charge in [-0.2, -0.15) is 0 Å². The Morgan fingerprint density at radius 1 is 1.26 bits per heavy atom. The highest BCUT2D eigenvalue weighted by Crippen LogP contribution is 2.33. The van der Waals surface area contributed by atoms with E-state index in [-0.39, 0.29) is 35.2 Å². The lowest BCUT2D eigenvalue weighted by molar-refractivity contribution is -0.113. The average Bonchev–Trinajstić information content (AvgIpc) is 3.19. The molecule has 2 aromatic carbocycles. The molecule has 1 amide bonds. The highest BCUT2D eigenvalue weighted by Gasteiger charge is 2.46. The van der Waals surface area contributed by atoms with Gasteiger partial charge in [0.05, 0.1) is 36.5 Å². The van der Waals surface area contributed by atoms with Crippen LogP contribution in [-0.2, 0) is 21.2 Å². The maximum absolute atomic E-state index is 12.4. The molecule has 31 heavy (non-hydrogen) atoms. The molecule has 2 atom stereocenters. The molecule has 1 N–H and O–H groups in total. The van der Waals surface area contributed by atoms with Crippen LogP contribution >= 0.6 is 23.4 Å². The number of carbonyl (C=O) groups is 1. The van der Waals surface area contributed by atoms with Crippen molar-refractivity contribution in [3.63, 3.8) is 0 Å². The van der Waals surface area contributed by atoms with Crippen LogP contribution in [0, 0.1) is 0 Å².